The molecule has 1 aromatic carbocycles. The Hall–Kier alpha value is -1.86. The number of nitrogens with zero attached hydrogens (tertiary/aromatic N) is 1. The summed E-state index contributed by atoms with van der Waals surface area (Å²) in [5.74, 6) is 10.8. The monoisotopic (exact) mass is 322 g/mol. The van der Waals surface area contributed by atoms with Crippen LogP contribution in [0.25, 0.3) is 12.2 Å². The molecule has 2 amide bonds. The van der Waals surface area contributed by atoms with Crippen LogP contribution in [-0.2, 0) is 0 Å². The molecule has 1 heterocycles. The van der Waals surface area contributed by atoms with Crippen molar-refractivity contribution in [2.75, 3.05) is 5.01 Å². The number of hydrazine groups is 2. The number of rotatable bonds is 3. The van der Waals surface area contributed by atoms with Gasteiger partial charge in [0, 0.05) is 20.3 Å². The smallest absolute Gasteiger partial charge is 0.274 e. The van der Waals surface area contributed by atoms with Gasteiger partial charge in [-0.15, -0.1) is 11.3 Å². The molecule has 21 heavy (non-hydrogen) atoms. The number of thiophene rings is 1. The van der Waals surface area contributed by atoms with E-state index < -0.39 is 6.03 Å². The molecule has 7 heteroatoms. The lowest BCUT2D eigenvalue weighted by atomic mass is 10.1. The maximum Gasteiger partial charge on any atom is 0.350 e. The van der Waals surface area contributed by atoms with E-state index in [1.54, 1.807) is 29.5 Å². The lowest BCUT2D eigenvalue weighted by molar-refractivity contribution is 0.246. The summed E-state index contributed by atoms with van der Waals surface area (Å²) in [6, 6.07) is 8.57. The van der Waals surface area contributed by atoms with Crippen molar-refractivity contribution < 1.29 is 4.79 Å². The van der Waals surface area contributed by atoms with Crippen LogP contribution in [-0.4, -0.2) is 6.03 Å². The minimum atomic E-state index is -0.626. The Morgan fingerprint density at radius 1 is 1.33 bits per heavy atom. The molecule has 0 saturated heterocycles. The molecule has 2 rings (SSSR count). The lowest BCUT2D eigenvalue weighted by Gasteiger charge is -2.18. The van der Waals surface area contributed by atoms with Crippen molar-refractivity contribution in [1.82, 2.24) is 5.43 Å². The van der Waals surface area contributed by atoms with Crippen LogP contribution in [0.2, 0.25) is 5.02 Å². The Balaban J connectivity index is 2.38. The van der Waals surface area contributed by atoms with Crippen LogP contribution in [0.5, 0.6) is 0 Å². The van der Waals surface area contributed by atoms with Crippen molar-refractivity contribution in [2.45, 2.75) is 6.92 Å². The molecule has 0 aliphatic rings. The average molecular weight is 323 g/mol. The number of carbonyl (C=O) groups is 1. The van der Waals surface area contributed by atoms with E-state index in [0.29, 0.717) is 16.3 Å². The first-order chi connectivity index (χ1) is 10.0. The molecule has 5 nitrogen and oxygen atoms in total. The van der Waals surface area contributed by atoms with Crippen LogP contribution in [0.3, 0.4) is 0 Å². The Kier molecular flexibility index (Phi) is 4.98. The third-order valence-corrected chi connectivity index (χ3v) is 4.10. The number of aryl methyl sites for hydroxylation is 1. The lowest BCUT2D eigenvalue weighted by Crippen LogP contribution is -2.47. The van der Waals surface area contributed by atoms with E-state index in [9.17, 15) is 4.79 Å². The Labute approximate surface area is 131 Å². The minimum absolute atomic E-state index is 0.468. The van der Waals surface area contributed by atoms with Gasteiger partial charge in [-0.3, -0.25) is 5.43 Å². The van der Waals surface area contributed by atoms with Gasteiger partial charge in [-0.05, 0) is 43.3 Å². The van der Waals surface area contributed by atoms with E-state index in [1.165, 1.54) is 4.88 Å². The first kappa shape index (κ1) is 15.5. The quantitative estimate of drug-likeness (QED) is 0.461. The number of hydrogen-bond donors (Lipinski definition) is 3. The van der Waals surface area contributed by atoms with Gasteiger partial charge in [0.2, 0.25) is 0 Å². The fourth-order valence-corrected chi connectivity index (χ4v) is 2.80. The summed E-state index contributed by atoms with van der Waals surface area (Å²) in [4.78, 5) is 13.9. The van der Waals surface area contributed by atoms with Gasteiger partial charge in [0.25, 0.3) is 0 Å². The van der Waals surface area contributed by atoms with Crippen LogP contribution in [0.1, 0.15) is 15.3 Å². The van der Waals surface area contributed by atoms with E-state index >= 15 is 0 Å². The number of nitrogens with one attached hydrogen (secondary N) is 1. The summed E-state index contributed by atoms with van der Waals surface area (Å²) in [5.41, 5.74) is 3.10. The second-order valence-electron chi connectivity index (χ2n) is 4.27. The Morgan fingerprint density at radius 2 is 2.10 bits per heavy atom. The first-order valence-corrected chi connectivity index (χ1v) is 7.31. The predicted molar refractivity (Wildman–Crippen MR) is 88.8 cm³/mol. The molecular formula is C14H15ClN4OS. The normalized spacial score (nSPS) is 10.9. The molecule has 0 radical (unpaired) electrons. The number of amides is 2. The highest BCUT2D eigenvalue weighted by molar-refractivity contribution is 7.12. The van der Waals surface area contributed by atoms with Crippen LogP contribution >= 0.6 is 22.9 Å². The topological polar surface area (TPSA) is 84.4 Å². The summed E-state index contributed by atoms with van der Waals surface area (Å²) < 4.78 is 0. The summed E-state index contributed by atoms with van der Waals surface area (Å²) in [6.07, 6.45) is 3.75. The van der Waals surface area contributed by atoms with E-state index in [0.717, 1.165) is 9.89 Å². The molecular weight excluding hydrogens is 308 g/mol. The zero-order valence-corrected chi connectivity index (χ0v) is 12.9. The molecule has 0 unspecified atom stereocenters. The SMILES string of the molecule is Cc1ccc(/C=C/c2c(Cl)cccc2N(N)C(=O)NN)s1. The molecule has 0 aliphatic carbocycles. The van der Waals surface area contributed by atoms with E-state index in [1.807, 2.05) is 36.6 Å². The molecule has 0 spiro atoms. The zero-order valence-electron chi connectivity index (χ0n) is 11.3. The van der Waals surface area contributed by atoms with Crippen LogP contribution in [0, 0.1) is 6.92 Å². The fourth-order valence-electron chi connectivity index (χ4n) is 1.79. The molecule has 5 N–H and O–H groups in total. The summed E-state index contributed by atoms with van der Waals surface area (Å²) in [7, 11) is 0. The third-order valence-electron chi connectivity index (χ3n) is 2.81. The van der Waals surface area contributed by atoms with Crippen molar-refractivity contribution in [2.24, 2.45) is 11.7 Å². The van der Waals surface area contributed by atoms with Crippen molar-refractivity contribution in [3.05, 3.63) is 50.7 Å². The first-order valence-electron chi connectivity index (χ1n) is 6.11. The largest absolute Gasteiger partial charge is 0.350 e. The molecule has 0 atom stereocenters. The molecule has 1 aromatic heterocycles. The van der Waals surface area contributed by atoms with E-state index in [2.05, 4.69) is 0 Å². The van der Waals surface area contributed by atoms with E-state index in [4.69, 9.17) is 23.3 Å². The van der Waals surface area contributed by atoms with Crippen molar-refractivity contribution in [1.29, 1.82) is 0 Å². The fraction of sp³-hybridized carbons (Fsp3) is 0.0714. The predicted octanol–water partition coefficient (Wildman–Crippen LogP) is 3.14. The Bertz CT molecular complexity index is 683. The molecule has 0 fully saturated rings. The molecule has 110 valence electrons. The zero-order chi connectivity index (χ0) is 15.4. The number of hydrogen-bond acceptors (Lipinski definition) is 4. The highest BCUT2D eigenvalue weighted by Crippen LogP contribution is 2.29. The van der Waals surface area contributed by atoms with Crippen LogP contribution in [0.4, 0.5) is 10.5 Å². The second kappa shape index (κ2) is 6.73. The highest BCUT2D eigenvalue weighted by Gasteiger charge is 2.14. The number of benzene rings is 1. The average Bonchev–Trinajstić information content (AvgIpc) is 2.89. The van der Waals surface area contributed by atoms with E-state index in [-0.39, 0.29) is 0 Å². The Morgan fingerprint density at radius 3 is 2.71 bits per heavy atom. The van der Waals surface area contributed by atoms with Gasteiger partial charge >= 0.3 is 6.03 Å². The van der Waals surface area contributed by atoms with Crippen molar-refractivity contribution in [3.63, 3.8) is 0 Å². The maximum atomic E-state index is 11.6. The second-order valence-corrected chi connectivity index (χ2v) is 6.00. The van der Waals surface area contributed by atoms with Gasteiger partial charge in [0.1, 0.15) is 0 Å². The number of halogens is 1. The standard InChI is InChI=1S/C14H15ClN4OS/c1-9-5-6-10(21-9)7-8-11-12(15)3-2-4-13(11)19(17)14(20)18-16/h2-8H,16-17H2,1H3,(H,18,20)/b8-7+. The summed E-state index contributed by atoms with van der Waals surface area (Å²) >= 11 is 7.86. The van der Waals surface area contributed by atoms with Gasteiger partial charge in [-0.2, -0.15) is 0 Å². The third kappa shape index (κ3) is 3.62. The van der Waals surface area contributed by atoms with Crippen LogP contribution in [0.15, 0.2) is 30.3 Å². The highest BCUT2D eigenvalue weighted by atomic mass is 35.5. The minimum Gasteiger partial charge on any atom is -0.274 e. The van der Waals surface area contributed by atoms with Crippen LogP contribution < -0.4 is 22.1 Å². The van der Waals surface area contributed by atoms with Gasteiger partial charge in [0.15, 0.2) is 0 Å². The molecule has 2 aromatic rings. The van der Waals surface area contributed by atoms with Crippen molar-refractivity contribution in [3.8, 4) is 0 Å². The van der Waals surface area contributed by atoms with Gasteiger partial charge in [-0.1, -0.05) is 17.7 Å². The van der Waals surface area contributed by atoms with Gasteiger partial charge in [-0.25, -0.2) is 21.5 Å². The summed E-state index contributed by atoms with van der Waals surface area (Å²) in [5, 5.41) is 1.42. The summed E-state index contributed by atoms with van der Waals surface area (Å²) in [6.45, 7) is 2.04. The number of anilines is 1. The van der Waals surface area contributed by atoms with Gasteiger partial charge < -0.3 is 0 Å². The maximum absolute atomic E-state index is 11.6. The number of urea groups is 1. The number of nitrogens with two attached hydrogens (primary N) is 2. The molecule has 0 aliphatic heterocycles. The number of carbonyl (C=O) groups excluding carboxylic acids is 1. The van der Waals surface area contributed by atoms with Crippen molar-refractivity contribution >= 4 is 46.8 Å². The van der Waals surface area contributed by atoms with Gasteiger partial charge in [0.05, 0.1) is 5.69 Å². The molecule has 0 bridgehead atoms. The molecule has 0 saturated carbocycles.